The van der Waals surface area contributed by atoms with Gasteiger partial charge in [-0.3, -0.25) is 4.55 Å². The van der Waals surface area contributed by atoms with Crippen LogP contribution in [0.4, 0.5) is 0 Å². The van der Waals surface area contributed by atoms with E-state index in [0.717, 1.165) is 6.07 Å². The van der Waals surface area contributed by atoms with Gasteiger partial charge in [0.05, 0.1) is 15.6 Å². The van der Waals surface area contributed by atoms with Crippen molar-refractivity contribution in [3.8, 4) is 11.5 Å². The number of benzene rings is 3. The van der Waals surface area contributed by atoms with Gasteiger partial charge in [-0.05, 0) is 29.3 Å². The lowest BCUT2D eigenvalue weighted by Gasteiger charge is -2.34. The highest BCUT2D eigenvalue weighted by Crippen LogP contribution is 2.54. The minimum absolute atomic E-state index is 0.000278. The summed E-state index contributed by atoms with van der Waals surface area (Å²) in [6.45, 7) is 0. The molecule has 0 radical (unpaired) electrons. The molecule has 3 rings (SSSR count). The van der Waals surface area contributed by atoms with E-state index in [2.05, 4.69) is 0 Å². The van der Waals surface area contributed by atoms with E-state index in [-0.39, 0.29) is 26.2 Å². The fraction of sp³-hybridized carbons (Fsp3) is 0.0526. The zero-order chi connectivity index (χ0) is 21.6. The molecule has 1 atom stereocenters. The van der Waals surface area contributed by atoms with Crippen molar-refractivity contribution in [2.75, 3.05) is 0 Å². The van der Waals surface area contributed by atoms with Crippen molar-refractivity contribution in [2.24, 2.45) is 0 Å². The monoisotopic (exact) mass is 492 g/mol. The van der Waals surface area contributed by atoms with Crippen molar-refractivity contribution in [2.45, 2.75) is 4.75 Å². The third kappa shape index (κ3) is 3.65. The third-order valence-corrected chi connectivity index (χ3v) is 6.92. The average Bonchev–Trinajstić information content (AvgIpc) is 2.62. The molecule has 0 saturated carbocycles. The number of hydrogen-bond donors (Lipinski definition) is 3. The normalized spacial score (nSPS) is 13.8. The van der Waals surface area contributed by atoms with Crippen LogP contribution in [0.25, 0.3) is 0 Å². The van der Waals surface area contributed by atoms with Crippen molar-refractivity contribution in [3.63, 3.8) is 0 Å². The van der Waals surface area contributed by atoms with Crippen molar-refractivity contribution in [1.29, 1.82) is 0 Å². The molecule has 3 aromatic rings. The molecule has 3 N–H and O–H groups in total. The fourth-order valence-electron chi connectivity index (χ4n) is 3.24. The first-order chi connectivity index (χ1) is 13.5. The van der Waals surface area contributed by atoms with Gasteiger partial charge in [-0.15, -0.1) is 0 Å². The summed E-state index contributed by atoms with van der Waals surface area (Å²) in [5.41, 5.74) is -0.668. The van der Waals surface area contributed by atoms with Crippen LogP contribution in [-0.4, -0.2) is 23.2 Å². The zero-order valence-corrected chi connectivity index (χ0v) is 18.1. The van der Waals surface area contributed by atoms with E-state index in [1.807, 2.05) is 0 Å². The number of phenolic OH excluding ortho intramolecular Hbond substituents is 2. The molecule has 0 aliphatic heterocycles. The average molecular weight is 494 g/mol. The Morgan fingerprint density at radius 3 is 1.86 bits per heavy atom. The molecule has 0 fully saturated rings. The third-order valence-electron chi connectivity index (χ3n) is 4.36. The molecular formula is C19H12Cl4O5S. The maximum absolute atomic E-state index is 13.0. The second kappa shape index (κ2) is 7.87. The zero-order valence-electron chi connectivity index (χ0n) is 14.3. The number of phenols is 2. The van der Waals surface area contributed by atoms with Crippen molar-refractivity contribution in [3.05, 3.63) is 91.4 Å². The molecule has 0 aliphatic rings. The number of aromatic hydroxyl groups is 2. The highest BCUT2D eigenvalue weighted by molar-refractivity contribution is 7.87. The van der Waals surface area contributed by atoms with Gasteiger partial charge in [-0.25, -0.2) is 0 Å². The molecule has 3 aromatic carbocycles. The van der Waals surface area contributed by atoms with Gasteiger partial charge in [0.25, 0.3) is 10.1 Å². The van der Waals surface area contributed by atoms with Gasteiger partial charge < -0.3 is 10.2 Å². The quantitative estimate of drug-likeness (QED) is 0.239. The lowest BCUT2D eigenvalue weighted by Crippen LogP contribution is -2.38. The highest BCUT2D eigenvalue weighted by atomic mass is 35.5. The molecule has 0 aromatic heterocycles. The first-order valence-electron chi connectivity index (χ1n) is 7.89. The van der Waals surface area contributed by atoms with Gasteiger partial charge in [0, 0.05) is 16.1 Å². The fourth-order valence-corrected chi connectivity index (χ4v) is 5.61. The first-order valence-corrected chi connectivity index (χ1v) is 10.8. The van der Waals surface area contributed by atoms with E-state index in [4.69, 9.17) is 46.4 Å². The summed E-state index contributed by atoms with van der Waals surface area (Å²) >= 11 is 24.4. The Labute approximate surface area is 186 Å². The molecule has 0 heterocycles. The van der Waals surface area contributed by atoms with E-state index in [9.17, 15) is 23.2 Å². The van der Waals surface area contributed by atoms with Gasteiger partial charge in [0.1, 0.15) is 11.5 Å². The standard InChI is InChI=1S/C19H12Cl4O5S/c20-12-6-11(7-13(21)8-12)19(29(26,27)28,10-4-2-1-3-5-10)16-17(23)15(24)9-14(22)18(16)25/h1-9,24-25H,(H,26,27,28). The van der Waals surface area contributed by atoms with Crippen LogP contribution in [0, 0.1) is 0 Å². The molecule has 5 nitrogen and oxygen atoms in total. The van der Waals surface area contributed by atoms with Crippen molar-refractivity contribution < 1.29 is 23.2 Å². The predicted molar refractivity (Wildman–Crippen MR) is 114 cm³/mol. The van der Waals surface area contributed by atoms with Gasteiger partial charge in [-0.2, -0.15) is 8.42 Å². The molecule has 0 bridgehead atoms. The largest absolute Gasteiger partial charge is 0.506 e. The summed E-state index contributed by atoms with van der Waals surface area (Å²) in [6.07, 6.45) is 0. The van der Waals surface area contributed by atoms with Crippen LogP contribution in [0.1, 0.15) is 16.7 Å². The maximum Gasteiger partial charge on any atom is 0.283 e. The minimum atomic E-state index is -5.13. The van der Waals surface area contributed by atoms with Crippen LogP contribution in [0.3, 0.4) is 0 Å². The van der Waals surface area contributed by atoms with Crippen LogP contribution in [0.15, 0.2) is 54.6 Å². The summed E-state index contributed by atoms with van der Waals surface area (Å²) in [5.74, 6) is -1.34. The van der Waals surface area contributed by atoms with E-state index in [1.54, 1.807) is 6.07 Å². The van der Waals surface area contributed by atoms with Crippen molar-refractivity contribution >= 4 is 56.5 Å². The van der Waals surface area contributed by atoms with Crippen LogP contribution in [-0.2, 0) is 14.9 Å². The molecule has 0 amide bonds. The highest BCUT2D eigenvalue weighted by Gasteiger charge is 2.52. The lowest BCUT2D eigenvalue weighted by molar-refractivity contribution is 0.435. The lowest BCUT2D eigenvalue weighted by atomic mass is 9.83. The van der Waals surface area contributed by atoms with Gasteiger partial charge in [0.2, 0.25) is 0 Å². The Balaban J connectivity index is 2.67. The van der Waals surface area contributed by atoms with Gasteiger partial charge in [-0.1, -0.05) is 76.7 Å². The van der Waals surface area contributed by atoms with Gasteiger partial charge >= 0.3 is 0 Å². The Hall–Kier alpha value is -1.67. The second-order valence-corrected chi connectivity index (χ2v) is 9.32. The van der Waals surface area contributed by atoms with E-state index >= 15 is 0 Å². The number of rotatable bonds is 4. The molecule has 0 spiro atoms. The van der Waals surface area contributed by atoms with Crippen LogP contribution in [0.5, 0.6) is 11.5 Å². The molecule has 10 heteroatoms. The summed E-state index contributed by atoms with van der Waals surface area (Å²) in [7, 11) is -5.13. The molecule has 152 valence electrons. The van der Waals surface area contributed by atoms with E-state index in [0.29, 0.717) is 0 Å². The van der Waals surface area contributed by atoms with Crippen LogP contribution < -0.4 is 0 Å². The second-order valence-electron chi connectivity index (χ2n) is 6.10. The number of hydrogen-bond acceptors (Lipinski definition) is 4. The predicted octanol–water partition coefficient (Wildman–Crippen LogP) is 5.89. The maximum atomic E-state index is 13.0. The smallest absolute Gasteiger partial charge is 0.283 e. The Morgan fingerprint density at radius 2 is 1.34 bits per heavy atom. The van der Waals surface area contributed by atoms with Gasteiger partial charge in [0.15, 0.2) is 4.75 Å². The molecule has 1 unspecified atom stereocenters. The Morgan fingerprint density at radius 1 is 0.793 bits per heavy atom. The summed E-state index contributed by atoms with van der Waals surface area (Å²) < 4.78 is 33.9. The molecule has 29 heavy (non-hydrogen) atoms. The molecular weight excluding hydrogens is 482 g/mol. The van der Waals surface area contributed by atoms with E-state index < -0.39 is 37.0 Å². The minimum Gasteiger partial charge on any atom is -0.506 e. The Bertz CT molecular complexity index is 1150. The summed E-state index contributed by atoms with van der Waals surface area (Å²) in [4.78, 5) is 0. The Kier molecular flexibility index (Phi) is 5.98. The topological polar surface area (TPSA) is 94.8 Å². The van der Waals surface area contributed by atoms with E-state index in [1.165, 1.54) is 42.5 Å². The van der Waals surface area contributed by atoms with Crippen molar-refractivity contribution in [1.82, 2.24) is 0 Å². The SMILES string of the molecule is O=S(=O)(O)C(c1ccccc1)(c1cc(Cl)cc(Cl)c1)c1c(O)c(Cl)cc(O)c1Cl. The molecule has 0 aliphatic carbocycles. The van der Waals surface area contributed by atoms with Crippen LogP contribution in [0.2, 0.25) is 20.1 Å². The summed E-state index contributed by atoms with van der Waals surface area (Å²) in [5, 5.41) is 20.1. The number of halogens is 4. The first kappa shape index (κ1) is 22.0. The summed E-state index contributed by atoms with van der Waals surface area (Å²) in [6, 6.07) is 12.3. The molecule has 0 saturated heterocycles. The van der Waals surface area contributed by atoms with Crippen LogP contribution >= 0.6 is 46.4 Å².